The van der Waals surface area contributed by atoms with Gasteiger partial charge in [0.15, 0.2) is 5.15 Å². The van der Waals surface area contributed by atoms with E-state index in [0.29, 0.717) is 31.2 Å². The fraction of sp³-hybridized carbons (Fsp3) is 0.727. The maximum Gasteiger partial charge on any atom is 0.401 e. The minimum atomic E-state index is -4.17. The van der Waals surface area contributed by atoms with Crippen molar-refractivity contribution < 1.29 is 13.2 Å². The lowest BCUT2D eigenvalue weighted by Crippen LogP contribution is -2.46. The van der Waals surface area contributed by atoms with Crippen LogP contribution in [0, 0.1) is 6.92 Å². The van der Waals surface area contributed by atoms with Crippen molar-refractivity contribution in [1.29, 1.82) is 0 Å². The first-order valence-corrected chi connectivity index (χ1v) is 6.64. The third kappa shape index (κ3) is 4.45. The second-order valence-electron chi connectivity index (χ2n) is 4.85. The van der Waals surface area contributed by atoms with Crippen LogP contribution in [-0.2, 0) is 0 Å². The number of anilines is 1. The van der Waals surface area contributed by atoms with Crippen LogP contribution in [0.3, 0.4) is 0 Å². The van der Waals surface area contributed by atoms with E-state index in [2.05, 4.69) is 20.5 Å². The van der Waals surface area contributed by atoms with Crippen molar-refractivity contribution in [3.8, 4) is 0 Å². The zero-order chi connectivity index (χ0) is 14.8. The molecule has 1 saturated heterocycles. The summed E-state index contributed by atoms with van der Waals surface area (Å²) in [7, 11) is 0. The van der Waals surface area contributed by atoms with E-state index in [0.717, 1.165) is 6.42 Å². The van der Waals surface area contributed by atoms with Crippen LogP contribution in [0.2, 0.25) is 5.15 Å². The van der Waals surface area contributed by atoms with E-state index in [-0.39, 0.29) is 11.2 Å². The van der Waals surface area contributed by atoms with E-state index < -0.39 is 12.7 Å². The molecule has 1 aromatic heterocycles. The van der Waals surface area contributed by atoms with Crippen molar-refractivity contribution in [2.45, 2.75) is 32.0 Å². The molecule has 0 aromatic carbocycles. The van der Waals surface area contributed by atoms with Gasteiger partial charge in [0, 0.05) is 12.6 Å². The number of halogens is 4. The highest BCUT2D eigenvalue weighted by Gasteiger charge is 2.33. The fourth-order valence-corrected chi connectivity index (χ4v) is 2.29. The van der Waals surface area contributed by atoms with Gasteiger partial charge in [-0.3, -0.25) is 4.90 Å². The van der Waals surface area contributed by atoms with Crippen LogP contribution in [0.25, 0.3) is 0 Å². The van der Waals surface area contributed by atoms with Gasteiger partial charge >= 0.3 is 6.18 Å². The van der Waals surface area contributed by atoms with Crippen molar-refractivity contribution in [2.24, 2.45) is 0 Å². The maximum absolute atomic E-state index is 12.4. The Kier molecular flexibility index (Phi) is 4.64. The number of alkyl halides is 3. The van der Waals surface area contributed by atoms with Crippen LogP contribution in [-0.4, -0.2) is 51.9 Å². The second kappa shape index (κ2) is 6.09. The molecule has 0 spiro atoms. The number of piperidine rings is 1. The molecule has 2 heterocycles. The summed E-state index contributed by atoms with van der Waals surface area (Å²) in [6.45, 7) is 1.57. The first kappa shape index (κ1) is 15.2. The van der Waals surface area contributed by atoms with E-state index in [1.165, 1.54) is 4.90 Å². The number of rotatable bonds is 3. The molecule has 1 atom stereocenters. The van der Waals surface area contributed by atoms with Gasteiger partial charge in [-0.1, -0.05) is 11.6 Å². The molecule has 0 amide bonds. The van der Waals surface area contributed by atoms with Crippen molar-refractivity contribution in [2.75, 3.05) is 25.0 Å². The number of nitrogens with one attached hydrogen (secondary N) is 1. The number of likely N-dealkylation sites (tertiary alicyclic amines) is 1. The van der Waals surface area contributed by atoms with Crippen molar-refractivity contribution in [3.05, 3.63) is 10.8 Å². The first-order valence-electron chi connectivity index (χ1n) is 6.26. The van der Waals surface area contributed by atoms with Gasteiger partial charge in [-0.25, -0.2) is 4.98 Å². The summed E-state index contributed by atoms with van der Waals surface area (Å²) in [5.74, 6) is 0.297. The molecule has 1 aliphatic heterocycles. The van der Waals surface area contributed by atoms with Crippen LogP contribution >= 0.6 is 11.6 Å². The Balaban J connectivity index is 1.94. The molecule has 5 nitrogen and oxygen atoms in total. The average Bonchev–Trinajstić information content (AvgIpc) is 2.32. The molecule has 0 aliphatic carbocycles. The van der Waals surface area contributed by atoms with Gasteiger partial charge in [0.1, 0.15) is 0 Å². The van der Waals surface area contributed by atoms with Gasteiger partial charge in [0.05, 0.1) is 12.2 Å². The molecule has 1 fully saturated rings. The lowest BCUT2D eigenvalue weighted by molar-refractivity contribution is -0.147. The van der Waals surface area contributed by atoms with Gasteiger partial charge in [-0.15, -0.1) is 10.2 Å². The predicted molar refractivity (Wildman–Crippen MR) is 68.7 cm³/mol. The van der Waals surface area contributed by atoms with Gasteiger partial charge in [-0.2, -0.15) is 13.2 Å². The molecule has 0 saturated carbocycles. The molecular weight excluding hydrogens is 295 g/mol. The molecule has 1 aliphatic rings. The molecule has 1 aromatic rings. The largest absolute Gasteiger partial charge is 0.401 e. The molecule has 1 N–H and O–H groups in total. The number of hydrogen-bond donors (Lipinski definition) is 1. The number of aryl methyl sites for hydroxylation is 1. The molecule has 2 rings (SSSR count). The highest BCUT2D eigenvalue weighted by Crippen LogP contribution is 2.21. The van der Waals surface area contributed by atoms with E-state index >= 15 is 0 Å². The van der Waals surface area contributed by atoms with E-state index in [9.17, 15) is 13.2 Å². The van der Waals surface area contributed by atoms with Crippen LogP contribution in [0.4, 0.5) is 19.1 Å². The normalized spacial score (nSPS) is 20.9. The Hall–Kier alpha value is -1.15. The Labute approximate surface area is 119 Å². The van der Waals surface area contributed by atoms with Crippen molar-refractivity contribution >= 4 is 17.5 Å². The van der Waals surface area contributed by atoms with E-state index in [1.54, 1.807) is 6.92 Å². The summed E-state index contributed by atoms with van der Waals surface area (Å²) >= 11 is 5.72. The smallest absolute Gasteiger partial charge is 0.349 e. The molecule has 0 unspecified atom stereocenters. The second-order valence-corrected chi connectivity index (χ2v) is 5.20. The molecule has 0 radical (unpaired) electrons. The predicted octanol–water partition coefficient (Wildman–Crippen LogP) is 2.27. The van der Waals surface area contributed by atoms with Crippen LogP contribution in [0.15, 0.2) is 0 Å². The van der Waals surface area contributed by atoms with Gasteiger partial charge < -0.3 is 5.32 Å². The average molecular weight is 310 g/mol. The van der Waals surface area contributed by atoms with Crippen molar-refractivity contribution in [1.82, 2.24) is 20.1 Å². The third-order valence-electron chi connectivity index (χ3n) is 3.05. The fourth-order valence-electron chi connectivity index (χ4n) is 2.21. The van der Waals surface area contributed by atoms with Gasteiger partial charge in [-0.05, 0) is 26.3 Å². The Morgan fingerprint density at radius 1 is 1.40 bits per heavy atom. The summed E-state index contributed by atoms with van der Waals surface area (Å²) in [4.78, 5) is 5.50. The van der Waals surface area contributed by atoms with Crippen LogP contribution in [0.5, 0.6) is 0 Å². The zero-order valence-corrected chi connectivity index (χ0v) is 11.7. The SMILES string of the molecule is Cc1nc(N[C@@H]2CCCN(CC(F)(F)F)C2)nnc1Cl. The van der Waals surface area contributed by atoms with E-state index in [1.807, 2.05) is 0 Å². The molecule has 112 valence electrons. The quantitative estimate of drug-likeness (QED) is 0.928. The minimum Gasteiger partial charge on any atom is -0.349 e. The van der Waals surface area contributed by atoms with Gasteiger partial charge in [0.25, 0.3) is 0 Å². The highest BCUT2D eigenvalue weighted by atomic mass is 35.5. The summed E-state index contributed by atoms with van der Waals surface area (Å²) in [6, 6.07) is -0.117. The lowest BCUT2D eigenvalue weighted by Gasteiger charge is -2.33. The number of aromatic nitrogens is 3. The first-order chi connectivity index (χ1) is 9.33. The zero-order valence-electron chi connectivity index (χ0n) is 10.9. The highest BCUT2D eigenvalue weighted by molar-refractivity contribution is 6.29. The Morgan fingerprint density at radius 2 is 2.15 bits per heavy atom. The molecule has 9 heteroatoms. The monoisotopic (exact) mass is 309 g/mol. The maximum atomic E-state index is 12.4. The number of hydrogen-bond acceptors (Lipinski definition) is 5. The minimum absolute atomic E-state index is 0.117. The topological polar surface area (TPSA) is 53.9 Å². The summed E-state index contributed by atoms with van der Waals surface area (Å²) in [5, 5.41) is 10.7. The third-order valence-corrected chi connectivity index (χ3v) is 3.40. The molecule has 20 heavy (non-hydrogen) atoms. The summed E-state index contributed by atoms with van der Waals surface area (Å²) in [5.41, 5.74) is 0.534. The van der Waals surface area contributed by atoms with Crippen LogP contribution in [0.1, 0.15) is 18.5 Å². The lowest BCUT2D eigenvalue weighted by atomic mass is 10.1. The number of nitrogens with zero attached hydrogens (tertiary/aromatic N) is 4. The summed E-state index contributed by atoms with van der Waals surface area (Å²) in [6.07, 6.45) is -2.69. The molecule has 0 bridgehead atoms. The Morgan fingerprint density at radius 3 is 2.80 bits per heavy atom. The summed E-state index contributed by atoms with van der Waals surface area (Å²) < 4.78 is 37.1. The Bertz CT molecular complexity index is 468. The van der Waals surface area contributed by atoms with E-state index in [4.69, 9.17) is 11.6 Å². The standard InChI is InChI=1S/C11H15ClF3N5/c1-7-9(12)18-19-10(16-7)17-8-3-2-4-20(5-8)6-11(13,14)15/h8H,2-6H2,1H3,(H,16,17,19)/t8-/m1/s1. The van der Waals surface area contributed by atoms with Crippen LogP contribution < -0.4 is 5.32 Å². The molecular formula is C11H15ClF3N5. The van der Waals surface area contributed by atoms with Gasteiger partial charge in [0.2, 0.25) is 5.95 Å². The van der Waals surface area contributed by atoms with Crippen molar-refractivity contribution in [3.63, 3.8) is 0 Å².